The first-order valence-corrected chi connectivity index (χ1v) is 8.64. The van der Waals surface area contributed by atoms with E-state index in [2.05, 4.69) is 5.10 Å². The summed E-state index contributed by atoms with van der Waals surface area (Å²) in [5.74, 6) is 1.78. The summed E-state index contributed by atoms with van der Waals surface area (Å²) in [5.41, 5.74) is 2.38. The predicted molar refractivity (Wildman–Crippen MR) is 87.5 cm³/mol. The lowest BCUT2D eigenvalue weighted by Crippen LogP contribution is -2.30. The Labute approximate surface area is 141 Å². The van der Waals surface area contributed by atoms with E-state index in [0.29, 0.717) is 30.3 Å². The van der Waals surface area contributed by atoms with Crippen LogP contribution in [0, 0.1) is 19.8 Å². The van der Waals surface area contributed by atoms with E-state index < -0.39 is 6.10 Å². The molecule has 6 heteroatoms. The summed E-state index contributed by atoms with van der Waals surface area (Å²) in [6.07, 6.45) is 2.54. The van der Waals surface area contributed by atoms with Gasteiger partial charge >= 0.3 is 0 Å². The van der Waals surface area contributed by atoms with Gasteiger partial charge in [0.25, 0.3) is 5.91 Å². The molecule has 2 aromatic heterocycles. The van der Waals surface area contributed by atoms with E-state index in [1.807, 2.05) is 35.6 Å². The van der Waals surface area contributed by atoms with E-state index in [1.165, 1.54) is 0 Å². The Kier molecular flexibility index (Phi) is 3.72. The summed E-state index contributed by atoms with van der Waals surface area (Å²) in [6, 6.07) is 3.77. The largest absolute Gasteiger partial charge is 0.466 e. The Morgan fingerprint density at radius 2 is 2.12 bits per heavy atom. The number of furan rings is 1. The molecule has 0 aromatic carbocycles. The van der Waals surface area contributed by atoms with Crippen molar-refractivity contribution in [1.29, 1.82) is 0 Å². The fraction of sp³-hybridized carbons (Fsp3) is 0.556. The Balaban J connectivity index is 1.57. The van der Waals surface area contributed by atoms with E-state index in [1.54, 1.807) is 0 Å². The number of aryl methyl sites for hydroxylation is 3. The van der Waals surface area contributed by atoms with Crippen LogP contribution in [0.4, 0.5) is 0 Å². The first kappa shape index (κ1) is 15.4. The number of carbonyl (C=O) groups excluding carboxylic acids is 1. The first-order valence-electron chi connectivity index (χ1n) is 8.64. The van der Waals surface area contributed by atoms with Crippen LogP contribution in [0.15, 0.2) is 16.5 Å². The lowest BCUT2D eigenvalue weighted by atomic mass is 10.1. The fourth-order valence-corrected chi connectivity index (χ4v) is 3.47. The highest BCUT2D eigenvalue weighted by Gasteiger charge is 2.33. The predicted octanol–water partition coefficient (Wildman–Crippen LogP) is 2.58. The summed E-state index contributed by atoms with van der Waals surface area (Å²) in [7, 11) is 0. The normalized spacial score (nSPS) is 19.0. The minimum atomic E-state index is -0.465. The van der Waals surface area contributed by atoms with Crippen molar-refractivity contribution >= 4 is 5.91 Å². The number of nitrogens with zero attached hydrogens (tertiary/aromatic N) is 3. The monoisotopic (exact) mass is 329 g/mol. The highest BCUT2D eigenvalue weighted by atomic mass is 16.3. The van der Waals surface area contributed by atoms with Crippen LogP contribution >= 0.6 is 0 Å². The minimum absolute atomic E-state index is 0.00305. The van der Waals surface area contributed by atoms with Gasteiger partial charge in [-0.1, -0.05) is 0 Å². The fourth-order valence-electron chi connectivity index (χ4n) is 3.47. The Bertz CT molecular complexity index is 773. The highest BCUT2D eigenvalue weighted by molar-refractivity contribution is 5.95. The molecule has 1 fully saturated rings. The molecular weight excluding hydrogens is 306 g/mol. The van der Waals surface area contributed by atoms with E-state index >= 15 is 0 Å². The molecule has 4 rings (SSSR count). The van der Waals surface area contributed by atoms with Crippen molar-refractivity contribution < 1.29 is 14.3 Å². The van der Waals surface area contributed by atoms with Crippen molar-refractivity contribution in [2.45, 2.75) is 52.3 Å². The second kappa shape index (κ2) is 5.77. The number of hydrogen-bond donors (Lipinski definition) is 1. The van der Waals surface area contributed by atoms with Crippen molar-refractivity contribution in [3.05, 3.63) is 40.6 Å². The molecule has 2 aliphatic rings. The maximum absolute atomic E-state index is 12.8. The molecule has 6 nitrogen and oxygen atoms in total. The van der Waals surface area contributed by atoms with Crippen molar-refractivity contribution in [1.82, 2.24) is 14.7 Å². The Morgan fingerprint density at radius 3 is 2.79 bits per heavy atom. The van der Waals surface area contributed by atoms with Crippen LogP contribution in [0.25, 0.3) is 0 Å². The number of hydrogen-bond acceptors (Lipinski definition) is 4. The minimum Gasteiger partial charge on any atom is -0.466 e. The third-order valence-corrected chi connectivity index (χ3v) is 4.96. The van der Waals surface area contributed by atoms with Crippen molar-refractivity contribution in [3.63, 3.8) is 0 Å². The van der Waals surface area contributed by atoms with E-state index in [-0.39, 0.29) is 5.91 Å². The molecule has 1 amide bonds. The second-order valence-corrected chi connectivity index (χ2v) is 6.97. The van der Waals surface area contributed by atoms with Gasteiger partial charge in [-0.05, 0) is 51.2 Å². The van der Waals surface area contributed by atoms with Gasteiger partial charge in [0.1, 0.15) is 17.6 Å². The average molecular weight is 329 g/mol. The zero-order chi connectivity index (χ0) is 16.8. The molecule has 0 saturated heterocycles. The molecule has 0 radical (unpaired) electrons. The SMILES string of the molecule is Cc1cc(C(=O)N2CCCn3nc(C(O)C4CC4)cc3C2)c(C)o1. The van der Waals surface area contributed by atoms with E-state index in [9.17, 15) is 9.90 Å². The second-order valence-electron chi connectivity index (χ2n) is 6.97. The third-order valence-electron chi connectivity index (χ3n) is 4.96. The number of rotatable bonds is 3. The van der Waals surface area contributed by atoms with Crippen LogP contribution in [0.5, 0.6) is 0 Å². The summed E-state index contributed by atoms with van der Waals surface area (Å²) in [5, 5.41) is 14.9. The zero-order valence-electron chi connectivity index (χ0n) is 14.2. The molecule has 24 heavy (non-hydrogen) atoms. The molecule has 2 aromatic rings. The Morgan fingerprint density at radius 1 is 1.33 bits per heavy atom. The standard InChI is InChI=1S/C18H23N3O3/c1-11-8-15(12(2)24-11)18(23)20-6-3-7-21-14(10-20)9-16(19-21)17(22)13-4-5-13/h8-9,13,17,22H,3-7,10H2,1-2H3. The topological polar surface area (TPSA) is 71.5 Å². The van der Waals surface area contributed by atoms with Gasteiger partial charge in [-0.3, -0.25) is 9.48 Å². The van der Waals surface area contributed by atoms with Crippen LogP contribution in [0.3, 0.4) is 0 Å². The molecule has 0 bridgehead atoms. The van der Waals surface area contributed by atoms with Crippen LogP contribution in [-0.4, -0.2) is 32.2 Å². The summed E-state index contributed by atoms with van der Waals surface area (Å²) >= 11 is 0. The summed E-state index contributed by atoms with van der Waals surface area (Å²) in [6.45, 7) is 5.68. The van der Waals surface area contributed by atoms with Crippen molar-refractivity contribution in [2.75, 3.05) is 6.54 Å². The van der Waals surface area contributed by atoms with Crippen LogP contribution in [0.1, 0.15) is 58.6 Å². The highest BCUT2D eigenvalue weighted by Crippen LogP contribution is 2.40. The number of aromatic nitrogens is 2. The number of aliphatic hydroxyl groups is 1. The third kappa shape index (κ3) is 2.75. The molecule has 1 saturated carbocycles. The smallest absolute Gasteiger partial charge is 0.257 e. The number of aliphatic hydroxyl groups excluding tert-OH is 1. The molecule has 1 unspecified atom stereocenters. The van der Waals surface area contributed by atoms with Gasteiger partial charge in [0.15, 0.2) is 0 Å². The van der Waals surface area contributed by atoms with E-state index in [4.69, 9.17) is 4.42 Å². The quantitative estimate of drug-likeness (QED) is 0.939. The molecule has 1 aliphatic carbocycles. The zero-order valence-corrected chi connectivity index (χ0v) is 14.2. The molecule has 1 atom stereocenters. The average Bonchev–Trinajstić information content (AvgIpc) is 3.28. The number of amides is 1. The van der Waals surface area contributed by atoms with Crippen LogP contribution < -0.4 is 0 Å². The summed E-state index contributed by atoms with van der Waals surface area (Å²) in [4.78, 5) is 14.7. The summed E-state index contributed by atoms with van der Waals surface area (Å²) < 4.78 is 7.44. The maximum Gasteiger partial charge on any atom is 0.257 e. The van der Waals surface area contributed by atoms with Gasteiger partial charge in [-0.15, -0.1) is 0 Å². The first-order chi connectivity index (χ1) is 11.5. The molecular formula is C18H23N3O3. The number of carbonyl (C=O) groups is 1. The van der Waals surface area contributed by atoms with Gasteiger partial charge in [0.05, 0.1) is 23.5 Å². The van der Waals surface area contributed by atoms with Crippen molar-refractivity contribution in [3.8, 4) is 0 Å². The molecule has 3 heterocycles. The molecule has 1 aliphatic heterocycles. The lowest BCUT2D eigenvalue weighted by Gasteiger charge is -2.19. The van der Waals surface area contributed by atoms with Gasteiger partial charge in [-0.2, -0.15) is 5.10 Å². The van der Waals surface area contributed by atoms with Gasteiger partial charge in [0, 0.05) is 13.1 Å². The van der Waals surface area contributed by atoms with Gasteiger partial charge < -0.3 is 14.4 Å². The van der Waals surface area contributed by atoms with Gasteiger partial charge in [-0.25, -0.2) is 0 Å². The van der Waals surface area contributed by atoms with Gasteiger partial charge in [0.2, 0.25) is 0 Å². The van der Waals surface area contributed by atoms with Crippen LogP contribution in [-0.2, 0) is 13.1 Å². The van der Waals surface area contributed by atoms with Crippen molar-refractivity contribution in [2.24, 2.45) is 5.92 Å². The number of fused-ring (bicyclic) bond motifs is 1. The molecule has 1 N–H and O–H groups in total. The lowest BCUT2D eigenvalue weighted by molar-refractivity contribution is 0.0744. The van der Waals surface area contributed by atoms with Crippen LogP contribution in [0.2, 0.25) is 0 Å². The van der Waals surface area contributed by atoms with E-state index in [0.717, 1.165) is 43.0 Å². The Hall–Kier alpha value is -2.08. The maximum atomic E-state index is 12.8. The molecule has 0 spiro atoms. The molecule has 128 valence electrons.